The van der Waals surface area contributed by atoms with Gasteiger partial charge in [0.05, 0.1) is 13.2 Å². The molecule has 1 saturated heterocycles. The Morgan fingerprint density at radius 3 is 2.67 bits per heavy atom. The van der Waals surface area contributed by atoms with Crippen LogP contribution in [0.25, 0.3) is 0 Å². The Hall–Kier alpha value is -0.120. The smallest absolute Gasteiger partial charge is 0.0594 e. The molecule has 2 N–H and O–H groups in total. The fourth-order valence-electron chi connectivity index (χ4n) is 3.31. The molecule has 2 atom stereocenters. The molecule has 0 aromatic rings. The highest BCUT2D eigenvalue weighted by molar-refractivity contribution is 4.98. The summed E-state index contributed by atoms with van der Waals surface area (Å²) in [6.07, 6.45) is 5.35. The Kier molecular flexibility index (Phi) is 3.65. The van der Waals surface area contributed by atoms with Crippen molar-refractivity contribution in [1.29, 1.82) is 0 Å². The van der Waals surface area contributed by atoms with Crippen LogP contribution in [0, 0.1) is 5.92 Å². The Balaban J connectivity index is 2.10. The largest absolute Gasteiger partial charge is 0.379 e. The highest BCUT2D eigenvalue weighted by Crippen LogP contribution is 2.37. The summed E-state index contributed by atoms with van der Waals surface area (Å²) in [5.74, 6) is 0.745. The monoisotopic (exact) mass is 212 g/mol. The quantitative estimate of drug-likeness (QED) is 0.748. The third-order valence-electron chi connectivity index (χ3n) is 4.41. The van der Waals surface area contributed by atoms with Crippen LogP contribution < -0.4 is 5.73 Å². The maximum absolute atomic E-state index is 6.08. The van der Waals surface area contributed by atoms with E-state index in [9.17, 15) is 0 Å². The number of ether oxygens (including phenoxy) is 1. The third-order valence-corrected chi connectivity index (χ3v) is 4.41. The van der Waals surface area contributed by atoms with Gasteiger partial charge in [-0.2, -0.15) is 0 Å². The van der Waals surface area contributed by atoms with Crippen molar-refractivity contribution in [2.24, 2.45) is 11.7 Å². The highest BCUT2D eigenvalue weighted by atomic mass is 16.5. The molecule has 2 unspecified atom stereocenters. The molecular formula is C12H24N2O. The van der Waals surface area contributed by atoms with Crippen molar-refractivity contribution < 1.29 is 4.74 Å². The molecular weight excluding hydrogens is 188 g/mol. The molecule has 1 aliphatic carbocycles. The first-order valence-corrected chi connectivity index (χ1v) is 6.32. The zero-order chi connectivity index (χ0) is 10.7. The molecule has 0 aromatic heterocycles. The third kappa shape index (κ3) is 2.05. The van der Waals surface area contributed by atoms with E-state index in [-0.39, 0.29) is 5.54 Å². The summed E-state index contributed by atoms with van der Waals surface area (Å²) in [4.78, 5) is 2.60. The van der Waals surface area contributed by atoms with E-state index >= 15 is 0 Å². The number of rotatable bonds is 2. The summed E-state index contributed by atoms with van der Waals surface area (Å²) >= 11 is 0. The van der Waals surface area contributed by atoms with Crippen molar-refractivity contribution in [2.75, 3.05) is 32.8 Å². The number of nitrogens with zero attached hydrogens (tertiary/aromatic N) is 1. The van der Waals surface area contributed by atoms with Crippen LogP contribution >= 0.6 is 0 Å². The Bertz CT molecular complexity index is 204. The Labute approximate surface area is 93.0 Å². The van der Waals surface area contributed by atoms with Crippen molar-refractivity contribution in [2.45, 2.75) is 38.1 Å². The second-order valence-electron chi connectivity index (χ2n) is 5.05. The van der Waals surface area contributed by atoms with Crippen LogP contribution in [0.5, 0.6) is 0 Å². The van der Waals surface area contributed by atoms with Gasteiger partial charge >= 0.3 is 0 Å². The van der Waals surface area contributed by atoms with Crippen LogP contribution in [0.1, 0.15) is 32.6 Å². The average Bonchev–Trinajstić information content (AvgIpc) is 2.31. The topological polar surface area (TPSA) is 38.5 Å². The second kappa shape index (κ2) is 4.81. The lowest BCUT2D eigenvalue weighted by Crippen LogP contribution is -2.61. The van der Waals surface area contributed by atoms with Gasteiger partial charge in [0.15, 0.2) is 0 Å². The lowest BCUT2D eigenvalue weighted by atomic mass is 9.72. The SMILES string of the molecule is CC1CCCCC1(CN)N1CCOCC1. The minimum atomic E-state index is 0.280. The van der Waals surface area contributed by atoms with Crippen molar-refractivity contribution >= 4 is 0 Å². The van der Waals surface area contributed by atoms with Gasteiger partial charge in [0.1, 0.15) is 0 Å². The van der Waals surface area contributed by atoms with Gasteiger partial charge < -0.3 is 10.5 Å². The predicted octanol–water partition coefficient (Wildman–Crippen LogP) is 1.23. The summed E-state index contributed by atoms with van der Waals surface area (Å²) in [5.41, 5.74) is 6.36. The fraction of sp³-hybridized carbons (Fsp3) is 1.00. The van der Waals surface area contributed by atoms with Crippen LogP contribution in [0.2, 0.25) is 0 Å². The normalized spacial score (nSPS) is 39.2. The molecule has 1 heterocycles. The summed E-state index contributed by atoms with van der Waals surface area (Å²) in [6.45, 7) is 7.10. The standard InChI is InChI=1S/C12H24N2O/c1-11-4-2-3-5-12(11,10-13)14-6-8-15-9-7-14/h11H,2-10,13H2,1H3. The zero-order valence-electron chi connectivity index (χ0n) is 9.87. The molecule has 88 valence electrons. The van der Waals surface area contributed by atoms with Crippen molar-refractivity contribution in [1.82, 2.24) is 4.90 Å². The molecule has 3 nitrogen and oxygen atoms in total. The number of nitrogens with two attached hydrogens (primary N) is 1. The minimum Gasteiger partial charge on any atom is -0.379 e. The van der Waals surface area contributed by atoms with E-state index in [1.54, 1.807) is 0 Å². The molecule has 15 heavy (non-hydrogen) atoms. The molecule has 2 rings (SSSR count). The van der Waals surface area contributed by atoms with Gasteiger partial charge in [-0.1, -0.05) is 19.8 Å². The van der Waals surface area contributed by atoms with E-state index in [2.05, 4.69) is 11.8 Å². The molecule has 2 fully saturated rings. The van der Waals surface area contributed by atoms with Crippen LogP contribution in [-0.4, -0.2) is 43.3 Å². The minimum absolute atomic E-state index is 0.280. The molecule has 0 spiro atoms. The predicted molar refractivity (Wildman–Crippen MR) is 61.8 cm³/mol. The van der Waals surface area contributed by atoms with Crippen molar-refractivity contribution in [3.8, 4) is 0 Å². The highest BCUT2D eigenvalue weighted by Gasteiger charge is 2.42. The summed E-state index contributed by atoms with van der Waals surface area (Å²) in [5, 5.41) is 0. The average molecular weight is 212 g/mol. The van der Waals surface area contributed by atoms with Gasteiger partial charge in [-0.3, -0.25) is 4.90 Å². The van der Waals surface area contributed by atoms with Crippen LogP contribution in [0.3, 0.4) is 0 Å². The van der Waals surface area contributed by atoms with Gasteiger partial charge in [0.25, 0.3) is 0 Å². The first-order valence-electron chi connectivity index (χ1n) is 6.32. The maximum Gasteiger partial charge on any atom is 0.0594 e. The Morgan fingerprint density at radius 2 is 2.07 bits per heavy atom. The maximum atomic E-state index is 6.08. The molecule has 1 saturated carbocycles. The molecule has 3 heteroatoms. The molecule has 2 aliphatic rings. The van der Waals surface area contributed by atoms with Gasteiger partial charge in [0.2, 0.25) is 0 Å². The van der Waals surface area contributed by atoms with Gasteiger partial charge in [-0.15, -0.1) is 0 Å². The Morgan fingerprint density at radius 1 is 1.33 bits per heavy atom. The van der Waals surface area contributed by atoms with Crippen molar-refractivity contribution in [3.05, 3.63) is 0 Å². The lowest BCUT2D eigenvalue weighted by molar-refractivity contribution is -0.0551. The molecule has 0 amide bonds. The lowest BCUT2D eigenvalue weighted by Gasteiger charge is -2.51. The molecule has 0 bridgehead atoms. The van der Waals surface area contributed by atoms with Crippen molar-refractivity contribution in [3.63, 3.8) is 0 Å². The number of hydrogen-bond donors (Lipinski definition) is 1. The second-order valence-corrected chi connectivity index (χ2v) is 5.05. The van der Waals surface area contributed by atoms with Crippen LogP contribution in [0.4, 0.5) is 0 Å². The van der Waals surface area contributed by atoms with E-state index in [4.69, 9.17) is 10.5 Å². The summed E-state index contributed by atoms with van der Waals surface area (Å²) < 4.78 is 5.43. The van der Waals surface area contributed by atoms with Crippen LogP contribution in [0.15, 0.2) is 0 Å². The van der Waals surface area contributed by atoms with E-state index in [1.165, 1.54) is 25.7 Å². The molecule has 0 aromatic carbocycles. The molecule has 0 radical (unpaired) electrons. The van der Waals surface area contributed by atoms with E-state index in [0.717, 1.165) is 38.8 Å². The summed E-state index contributed by atoms with van der Waals surface area (Å²) in [6, 6.07) is 0. The first-order chi connectivity index (χ1) is 7.29. The first kappa shape index (κ1) is 11.4. The van der Waals surface area contributed by atoms with Gasteiger partial charge in [0, 0.05) is 25.2 Å². The van der Waals surface area contributed by atoms with E-state index < -0.39 is 0 Å². The van der Waals surface area contributed by atoms with E-state index in [0.29, 0.717) is 0 Å². The van der Waals surface area contributed by atoms with Gasteiger partial charge in [-0.25, -0.2) is 0 Å². The fourth-order valence-corrected chi connectivity index (χ4v) is 3.31. The number of morpholine rings is 1. The molecule has 1 aliphatic heterocycles. The van der Waals surface area contributed by atoms with Gasteiger partial charge in [-0.05, 0) is 18.8 Å². The number of hydrogen-bond acceptors (Lipinski definition) is 3. The summed E-state index contributed by atoms with van der Waals surface area (Å²) in [7, 11) is 0. The zero-order valence-corrected chi connectivity index (χ0v) is 9.87. The van der Waals surface area contributed by atoms with Crippen LogP contribution in [-0.2, 0) is 4.74 Å². The van der Waals surface area contributed by atoms with E-state index in [1.807, 2.05) is 0 Å².